The predicted molar refractivity (Wildman–Crippen MR) is 107 cm³/mol. The fourth-order valence-corrected chi connectivity index (χ4v) is 3.08. The number of carbonyl (C=O) groups excluding carboxylic acids is 2. The number of halogens is 1. The molecular weight excluding hydrogens is 380 g/mol. The number of rotatable bonds is 5. The third kappa shape index (κ3) is 4.28. The zero-order valence-electron chi connectivity index (χ0n) is 15.8. The standard InChI is InChI=1S/C21H21ClN2O4/c1-12(2)28-20(25)17-18(13-4-8-15(22)9-5-13)23-21(26)24-19(17)14-6-10-16(27-3)11-7-14/h4-12,18H,1-3H3,(H2,23,24,26). The van der Waals surface area contributed by atoms with Crippen molar-refractivity contribution in [3.05, 3.63) is 70.3 Å². The minimum absolute atomic E-state index is 0.305. The molecule has 2 N–H and O–H groups in total. The lowest BCUT2D eigenvalue weighted by molar-refractivity contribution is -0.143. The summed E-state index contributed by atoms with van der Waals surface area (Å²) in [6.07, 6.45) is -0.305. The van der Waals surface area contributed by atoms with E-state index in [0.29, 0.717) is 27.6 Å². The lowest BCUT2D eigenvalue weighted by Crippen LogP contribution is -2.45. The SMILES string of the molecule is COc1ccc(C2=C(C(=O)OC(C)C)C(c3ccc(Cl)cc3)NC(=O)N2)cc1. The fourth-order valence-electron chi connectivity index (χ4n) is 2.95. The van der Waals surface area contributed by atoms with Crippen molar-refractivity contribution in [2.24, 2.45) is 0 Å². The van der Waals surface area contributed by atoms with Crippen molar-refractivity contribution in [2.45, 2.75) is 26.0 Å². The van der Waals surface area contributed by atoms with Crippen LogP contribution in [0.2, 0.25) is 5.02 Å². The summed E-state index contributed by atoms with van der Waals surface area (Å²) >= 11 is 5.98. The van der Waals surface area contributed by atoms with Crippen LogP contribution in [0.25, 0.3) is 5.70 Å². The fraction of sp³-hybridized carbons (Fsp3) is 0.238. The number of ether oxygens (including phenoxy) is 2. The molecule has 0 saturated heterocycles. The van der Waals surface area contributed by atoms with E-state index in [1.165, 1.54) is 0 Å². The van der Waals surface area contributed by atoms with Gasteiger partial charge in [-0.3, -0.25) is 0 Å². The number of hydrogen-bond donors (Lipinski definition) is 2. The number of carbonyl (C=O) groups is 2. The van der Waals surface area contributed by atoms with Gasteiger partial charge < -0.3 is 20.1 Å². The van der Waals surface area contributed by atoms with Crippen LogP contribution in [-0.4, -0.2) is 25.2 Å². The van der Waals surface area contributed by atoms with Crippen molar-refractivity contribution < 1.29 is 19.1 Å². The van der Waals surface area contributed by atoms with E-state index in [1.54, 1.807) is 69.5 Å². The Balaban J connectivity index is 2.15. The molecule has 0 radical (unpaired) electrons. The Morgan fingerprint density at radius 3 is 2.29 bits per heavy atom. The number of benzene rings is 2. The summed E-state index contributed by atoms with van der Waals surface area (Å²) in [5, 5.41) is 6.11. The maximum absolute atomic E-state index is 13.0. The summed E-state index contributed by atoms with van der Waals surface area (Å²) in [6.45, 7) is 3.55. The van der Waals surface area contributed by atoms with Crippen molar-refractivity contribution in [1.82, 2.24) is 10.6 Å². The molecule has 146 valence electrons. The van der Waals surface area contributed by atoms with E-state index >= 15 is 0 Å². The van der Waals surface area contributed by atoms with E-state index in [9.17, 15) is 9.59 Å². The van der Waals surface area contributed by atoms with E-state index in [-0.39, 0.29) is 6.10 Å². The van der Waals surface area contributed by atoms with Gasteiger partial charge in [-0.25, -0.2) is 9.59 Å². The number of nitrogens with one attached hydrogen (secondary N) is 2. The molecule has 2 aromatic carbocycles. The summed E-state index contributed by atoms with van der Waals surface area (Å²) in [7, 11) is 1.57. The van der Waals surface area contributed by atoms with Gasteiger partial charge in [0, 0.05) is 5.02 Å². The first-order chi connectivity index (χ1) is 13.4. The Kier molecular flexibility index (Phi) is 5.90. The smallest absolute Gasteiger partial charge is 0.338 e. The van der Waals surface area contributed by atoms with Gasteiger partial charge in [-0.15, -0.1) is 0 Å². The molecule has 0 spiro atoms. The van der Waals surface area contributed by atoms with Gasteiger partial charge in [-0.2, -0.15) is 0 Å². The molecule has 1 heterocycles. The summed E-state index contributed by atoms with van der Waals surface area (Å²) in [5.41, 5.74) is 2.11. The number of hydrogen-bond acceptors (Lipinski definition) is 4. The Bertz CT molecular complexity index is 905. The normalized spacial score (nSPS) is 16.5. The molecule has 7 heteroatoms. The largest absolute Gasteiger partial charge is 0.497 e. The molecule has 1 aliphatic rings. The number of methoxy groups -OCH3 is 1. The second-order valence-corrected chi connectivity index (χ2v) is 6.99. The van der Waals surface area contributed by atoms with E-state index in [2.05, 4.69) is 10.6 Å². The van der Waals surface area contributed by atoms with Crippen LogP contribution in [0.15, 0.2) is 54.1 Å². The molecule has 0 aliphatic carbocycles. The maximum atomic E-state index is 13.0. The minimum Gasteiger partial charge on any atom is -0.497 e. The molecule has 1 atom stereocenters. The first-order valence-corrected chi connectivity index (χ1v) is 9.19. The Morgan fingerprint density at radius 1 is 1.07 bits per heavy atom. The molecule has 0 saturated carbocycles. The highest BCUT2D eigenvalue weighted by molar-refractivity contribution is 6.30. The van der Waals surface area contributed by atoms with E-state index in [4.69, 9.17) is 21.1 Å². The minimum atomic E-state index is -0.672. The lowest BCUT2D eigenvalue weighted by atomic mass is 9.92. The monoisotopic (exact) mass is 400 g/mol. The highest BCUT2D eigenvalue weighted by Crippen LogP contribution is 2.33. The highest BCUT2D eigenvalue weighted by atomic mass is 35.5. The summed E-state index contributed by atoms with van der Waals surface area (Å²) in [4.78, 5) is 25.3. The lowest BCUT2D eigenvalue weighted by Gasteiger charge is -2.30. The van der Waals surface area contributed by atoms with Crippen LogP contribution in [0.1, 0.15) is 31.0 Å². The molecule has 1 unspecified atom stereocenters. The van der Waals surface area contributed by atoms with Crippen LogP contribution >= 0.6 is 11.6 Å². The number of urea groups is 1. The van der Waals surface area contributed by atoms with Crippen molar-refractivity contribution in [3.63, 3.8) is 0 Å². The Labute approximate surface area is 168 Å². The molecule has 0 aromatic heterocycles. The van der Waals surface area contributed by atoms with Crippen LogP contribution in [0, 0.1) is 0 Å². The van der Waals surface area contributed by atoms with E-state index < -0.39 is 18.0 Å². The Morgan fingerprint density at radius 2 is 1.71 bits per heavy atom. The van der Waals surface area contributed by atoms with Crippen LogP contribution in [0.5, 0.6) is 5.75 Å². The third-order valence-electron chi connectivity index (χ3n) is 4.22. The highest BCUT2D eigenvalue weighted by Gasteiger charge is 2.34. The molecule has 28 heavy (non-hydrogen) atoms. The van der Waals surface area contributed by atoms with Crippen molar-refractivity contribution >= 4 is 29.3 Å². The van der Waals surface area contributed by atoms with Gasteiger partial charge in [0.1, 0.15) is 5.75 Å². The van der Waals surface area contributed by atoms with Crippen LogP contribution in [-0.2, 0) is 9.53 Å². The zero-order valence-corrected chi connectivity index (χ0v) is 16.5. The van der Waals surface area contributed by atoms with Gasteiger partial charge in [-0.05, 0) is 61.4 Å². The predicted octanol–water partition coefficient (Wildman–Crippen LogP) is 4.07. The molecule has 6 nitrogen and oxygen atoms in total. The second-order valence-electron chi connectivity index (χ2n) is 6.55. The molecule has 2 aromatic rings. The molecular formula is C21H21ClN2O4. The molecule has 2 amide bonds. The molecule has 1 aliphatic heterocycles. The average Bonchev–Trinajstić information content (AvgIpc) is 2.67. The van der Waals surface area contributed by atoms with Crippen molar-refractivity contribution in [2.75, 3.05) is 7.11 Å². The van der Waals surface area contributed by atoms with Gasteiger partial charge >= 0.3 is 12.0 Å². The Hall–Kier alpha value is -2.99. The van der Waals surface area contributed by atoms with Crippen molar-refractivity contribution in [3.8, 4) is 5.75 Å². The zero-order chi connectivity index (χ0) is 20.3. The molecule has 0 bridgehead atoms. The van der Waals surface area contributed by atoms with Gasteiger partial charge in [0.25, 0.3) is 0 Å². The van der Waals surface area contributed by atoms with Gasteiger partial charge in [0.2, 0.25) is 0 Å². The van der Waals surface area contributed by atoms with Crippen LogP contribution in [0.3, 0.4) is 0 Å². The summed E-state index contributed by atoms with van der Waals surface area (Å²) in [5.74, 6) is 0.165. The first-order valence-electron chi connectivity index (χ1n) is 8.81. The number of esters is 1. The topological polar surface area (TPSA) is 76.7 Å². The van der Waals surface area contributed by atoms with Crippen LogP contribution in [0.4, 0.5) is 4.79 Å². The van der Waals surface area contributed by atoms with Gasteiger partial charge in [0.05, 0.1) is 30.5 Å². The third-order valence-corrected chi connectivity index (χ3v) is 4.47. The second kappa shape index (κ2) is 8.35. The quantitative estimate of drug-likeness (QED) is 0.742. The van der Waals surface area contributed by atoms with Crippen LogP contribution < -0.4 is 15.4 Å². The van der Waals surface area contributed by atoms with E-state index in [1.807, 2.05) is 0 Å². The summed E-state index contributed by atoms with van der Waals surface area (Å²) in [6, 6.07) is 13.0. The van der Waals surface area contributed by atoms with E-state index in [0.717, 1.165) is 5.56 Å². The molecule has 3 rings (SSSR count). The first kappa shape index (κ1) is 19.8. The number of amides is 2. The molecule has 0 fully saturated rings. The van der Waals surface area contributed by atoms with Gasteiger partial charge in [-0.1, -0.05) is 23.7 Å². The van der Waals surface area contributed by atoms with Gasteiger partial charge in [0.15, 0.2) is 0 Å². The maximum Gasteiger partial charge on any atom is 0.338 e. The average molecular weight is 401 g/mol. The summed E-state index contributed by atoms with van der Waals surface area (Å²) < 4.78 is 10.6. The van der Waals surface area contributed by atoms with Crippen molar-refractivity contribution in [1.29, 1.82) is 0 Å².